The van der Waals surface area contributed by atoms with Crippen molar-refractivity contribution in [1.29, 1.82) is 0 Å². The summed E-state index contributed by atoms with van der Waals surface area (Å²) in [5.74, 6) is 0. The van der Waals surface area contributed by atoms with Gasteiger partial charge < -0.3 is 29.7 Å². The molecule has 0 radical (unpaired) electrons. The summed E-state index contributed by atoms with van der Waals surface area (Å²) in [7, 11) is 0. The molecule has 9 heavy (non-hydrogen) atoms. The molecule has 4 nitrogen and oxygen atoms in total. The number of hydrogen-bond acceptors (Lipinski definition) is 3. The normalized spacial score (nSPS) is 4.44. The number of H-pyrrole nitrogens is 1. The van der Waals surface area contributed by atoms with Gasteiger partial charge in [-0.2, -0.15) is 0 Å². The van der Waals surface area contributed by atoms with Crippen LogP contribution in [0.25, 0.3) is 0 Å². The summed E-state index contributed by atoms with van der Waals surface area (Å²) in [4.78, 5) is 6.42. The minimum atomic E-state index is 0. The zero-order valence-electron chi connectivity index (χ0n) is 4.79. The second kappa shape index (κ2) is 15.7. The molecular formula is C3H10ClN4Pt+. The van der Waals surface area contributed by atoms with Gasteiger partial charge in [0.2, 0.25) is 0 Å². The fourth-order valence-electron chi connectivity index (χ4n) is 0.215. The molecule has 7 N–H and O–H groups in total. The third kappa shape index (κ3) is 11.6. The molecule has 0 atom stereocenters. The molecule has 0 aromatic carbocycles. The Morgan fingerprint density at radius 2 is 1.78 bits per heavy atom. The summed E-state index contributed by atoms with van der Waals surface area (Å²) in [5.41, 5.74) is 0. The van der Waals surface area contributed by atoms with Gasteiger partial charge in [-0.25, -0.2) is 4.98 Å². The van der Waals surface area contributed by atoms with E-state index in [9.17, 15) is 0 Å². The van der Waals surface area contributed by atoms with Crippen molar-refractivity contribution in [1.82, 2.24) is 22.3 Å². The zero-order valence-corrected chi connectivity index (χ0v) is 7.82. The molecule has 6 heteroatoms. The molecule has 58 valence electrons. The Kier molecular flexibility index (Phi) is 40.0. The SMILES string of the molecule is N.N.[Cl-].[Pt+2].c1c[nH]cn1. The van der Waals surface area contributed by atoms with Crippen molar-refractivity contribution in [2.24, 2.45) is 0 Å². The van der Waals surface area contributed by atoms with Gasteiger partial charge in [-0.3, -0.25) is 0 Å². The number of nitrogens with one attached hydrogen (secondary N) is 1. The van der Waals surface area contributed by atoms with Crippen molar-refractivity contribution < 1.29 is 33.5 Å². The maximum atomic E-state index is 3.67. The van der Waals surface area contributed by atoms with Gasteiger partial charge in [0.25, 0.3) is 0 Å². The molecule has 0 saturated carbocycles. The number of halogens is 1. The van der Waals surface area contributed by atoms with Crippen molar-refractivity contribution in [3.8, 4) is 0 Å². The summed E-state index contributed by atoms with van der Waals surface area (Å²) in [6.07, 6.45) is 5.08. The molecule has 0 aliphatic heterocycles. The first-order valence-electron chi connectivity index (χ1n) is 1.43. The first-order chi connectivity index (χ1) is 2.50. The van der Waals surface area contributed by atoms with Crippen LogP contribution in [0.4, 0.5) is 0 Å². The molecular weight excluding hydrogens is 323 g/mol. The van der Waals surface area contributed by atoms with Gasteiger partial charge in [-0.05, 0) is 0 Å². The molecule has 0 aliphatic rings. The van der Waals surface area contributed by atoms with Crippen LogP contribution in [0.5, 0.6) is 0 Å². The first kappa shape index (κ1) is 22.9. The summed E-state index contributed by atoms with van der Waals surface area (Å²) >= 11 is 0. The monoisotopic (exact) mass is 332 g/mol. The number of hydrogen-bond donors (Lipinski definition) is 3. The number of imidazole rings is 1. The zero-order chi connectivity index (χ0) is 3.54. The van der Waals surface area contributed by atoms with Gasteiger partial charge in [0.1, 0.15) is 0 Å². The smallest absolute Gasteiger partial charge is 1.00 e. The van der Waals surface area contributed by atoms with Crippen LogP contribution in [-0.4, -0.2) is 9.97 Å². The molecule has 1 aromatic rings. The third-order valence-corrected chi connectivity index (χ3v) is 0.406. The van der Waals surface area contributed by atoms with E-state index in [-0.39, 0.29) is 45.8 Å². The summed E-state index contributed by atoms with van der Waals surface area (Å²) in [6.45, 7) is 0. The van der Waals surface area contributed by atoms with Gasteiger partial charge in [0.15, 0.2) is 0 Å². The Balaban J connectivity index is -0.0000000312. The van der Waals surface area contributed by atoms with Gasteiger partial charge in [-0.15, -0.1) is 0 Å². The Hall–Kier alpha value is 0.108. The maximum absolute atomic E-state index is 3.67. The summed E-state index contributed by atoms with van der Waals surface area (Å²) in [6, 6.07) is 0. The van der Waals surface area contributed by atoms with Crippen LogP contribution in [0.15, 0.2) is 18.7 Å². The van der Waals surface area contributed by atoms with Crippen LogP contribution < -0.4 is 24.7 Å². The van der Waals surface area contributed by atoms with Crippen LogP contribution in [0.3, 0.4) is 0 Å². The van der Waals surface area contributed by atoms with Crippen LogP contribution >= 0.6 is 0 Å². The Morgan fingerprint density at radius 1 is 1.22 bits per heavy atom. The van der Waals surface area contributed by atoms with E-state index in [0.717, 1.165) is 0 Å². The van der Waals surface area contributed by atoms with Crippen LogP contribution in [0.1, 0.15) is 0 Å². The fourth-order valence-corrected chi connectivity index (χ4v) is 0.215. The van der Waals surface area contributed by atoms with Crippen molar-refractivity contribution in [2.45, 2.75) is 0 Å². The Bertz CT molecular complexity index is 72.3. The molecule has 0 saturated heterocycles. The van der Waals surface area contributed by atoms with E-state index in [2.05, 4.69) is 9.97 Å². The number of aromatic nitrogens is 2. The second-order valence-electron chi connectivity index (χ2n) is 0.761. The molecule has 0 aliphatic carbocycles. The van der Waals surface area contributed by atoms with E-state index in [4.69, 9.17) is 0 Å². The van der Waals surface area contributed by atoms with E-state index in [0.29, 0.717) is 0 Å². The quantitative estimate of drug-likeness (QED) is 0.500. The average molecular weight is 333 g/mol. The van der Waals surface area contributed by atoms with Crippen molar-refractivity contribution in [3.05, 3.63) is 18.7 Å². The van der Waals surface area contributed by atoms with Crippen LogP contribution in [0, 0.1) is 0 Å². The van der Waals surface area contributed by atoms with Crippen molar-refractivity contribution in [3.63, 3.8) is 0 Å². The average Bonchev–Trinajstić information content (AvgIpc) is 1.76. The molecule has 0 fully saturated rings. The summed E-state index contributed by atoms with van der Waals surface area (Å²) in [5, 5.41) is 0. The predicted molar refractivity (Wildman–Crippen MR) is 28.6 cm³/mol. The summed E-state index contributed by atoms with van der Waals surface area (Å²) < 4.78 is 0. The minimum absolute atomic E-state index is 0. The van der Waals surface area contributed by atoms with Gasteiger partial charge in [-0.1, -0.05) is 0 Å². The van der Waals surface area contributed by atoms with Crippen molar-refractivity contribution >= 4 is 0 Å². The van der Waals surface area contributed by atoms with E-state index < -0.39 is 0 Å². The van der Waals surface area contributed by atoms with Crippen LogP contribution in [-0.2, 0) is 21.1 Å². The second-order valence-corrected chi connectivity index (χ2v) is 0.761. The standard InChI is InChI=1S/C3H4N2.ClH.2H3N.Pt/c1-2-5-3-4-1;;;;/h1-3H,(H,4,5);1H;2*1H3;/q;;;;+2/p-1. The molecule has 0 bridgehead atoms. The molecule has 1 rings (SSSR count). The van der Waals surface area contributed by atoms with E-state index in [1.165, 1.54) is 0 Å². The topological polar surface area (TPSA) is 98.7 Å². The van der Waals surface area contributed by atoms with Crippen LogP contribution in [0.2, 0.25) is 0 Å². The van der Waals surface area contributed by atoms with E-state index in [1.807, 2.05) is 0 Å². The van der Waals surface area contributed by atoms with E-state index in [1.54, 1.807) is 18.7 Å². The molecule has 1 heterocycles. The Labute approximate surface area is 74.7 Å². The van der Waals surface area contributed by atoms with Gasteiger partial charge in [0.05, 0.1) is 6.33 Å². The molecule has 0 unspecified atom stereocenters. The third-order valence-electron chi connectivity index (χ3n) is 0.406. The Morgan fingerprint density at radius 3 is 1.89 bits per heavy atom. The number of nitrogens with zero attached hydrogens (tertiary/aromatic N) is 1. The maximum Gasteiger partial charge on any atom is 2.00 e. The van der Waals surface area contributed by atoms with Crippen molar-refractivity contribution in [2.75, 3.05) is 0 Å². The fraction of sp³-hybridized carbons (Fsp3) is 0. The minimum Gasteiger partial charge on any atom is -1.00 e. The first-order valence-corrected chi connectivity index (χ1v) is 1.43. The largest absolute Gasteiger partial charge is 2.00 e. The van der Waals surface area contributed by atoms with E-state index >= 15 is 0 Å². The van der Waals surface area contributed by atoms with Gasteiger partial charge >= 0.3 is 21.1 Å². The number of rotatable bonds is 0. The molecule has 0 amide bonds. The van der Waals surface area contributed by atoms with Gasteiger partial charge in [0, 0.05) is 12.4 Å². The predicted octanol–water partition coefficient (Wildman–Crippen LogP) is -2.26. The molecule has 0 spiro atoms. The molecule has 1 aromatic heterocycles. The number of aromatic amines is 1.